The molecule has 2 fully saturated rings. The Hall–Kier alpha value is -2.80. The first-order chi connectivity index (χ1) is 14.5. The lowest BCUT2D eigenvalue weighted by atomic mass is 9.98. The van der Waals surface area contributed by atoms with Gasteiger partial charge in [-0.15, -0.1) is 0 Å². The number of urea groups is 1. The molecule has 2 aliphatic rings. The highest BCUT2D eigenvalue weighted by atomic mass is 35.5. The van der Waals surface area contributed by atoms with Gasteiger partial charge >= 0.3 is 6.03 Å². The number of hydrogen-bond donors (Lipinski definition) is 2. The van der Waals surface area contributed by atoms with Crippen LogP contribution < -0.4 is 10.6 Å². The van der Waals surface area contributed by atoms with Gasteiger partial charge in [-0.25, -0.2) is 4.79 Å². The first-order valence-corrected chi connectivity index (χ1v) is 10.6. The molecule has 1 saturated carbocycles. The molecule has 1 aromatic carbocycles. The van der Waals surface area contributed by atoms with Crippen LogP contribution in [0.1, 0.15) is 44.3 Å². The molecule has 4 amide bonds. The van der Waals surface area contributed by atoms with Crippen LogP contribution in [-0.4, -0.2) is 34.8 Å². The minimum atomic E-state index is -0.694. The predicted molar refractivity (Wildman–Crippen MR) is 112 cm³/mol. The molecule has 2 heterocycles. The molecule has 1 aliphatic heterocycles. The van der Waals surface area contributed by atoms with Crippen LogP contribution in [0.25, 0.3) is 11.3 Å². The Bertz CT molecular complexity index is 948. The molecule has 0 atom stereocenters. The molecule has 158 valence electrons. The van der Waals surface area contributed by atoms with Crippen molar-refractivity contribution in [3.05, 3.63) is 47.2 Å². The molecule has 0 unspecified atom stereocenters. The maximum atomic E-state index is 12.6. The van der Waals surface area contributed by atoms with Gasteiger partial charge in [0, 0.05) is 23.6 Å². The molecule has 8 heteroatoms. The number of nitrogens with one attached hydrogen (secondary N) is 2. The number of nitrogens with zero attached hydrogens (tertiary/aromatic N) is 1. The third kappa shape index (κ3) is 4.21. The third-order valence-electron chi connectivity index (χ3n) is 5.74. The number of imide groups is 1. The van der Waals surface area contributed by atoms with Crippen LogP contribution in [0.2, 0.25) is 5.02 Å². The first kappa shape index (κ1) is 20.5. The van der Waals surface area contributed by atoms with E-state index in [1.165, 1.54) is 4.90 Å². The summed E-state index contributed by atoms with van der Waals surface area (Å²) in [5, 5.41) is 6.32. The normalized spacial score (nSPS) is 17.6. The molecule has 4 rings (SSSR count). The van der Waals surface area contributed by atoms with Crippen LogP contribution in [0.5, 0.6) is 0 Å². The Morgan fingerprint density at radius 3 is 2.60 bits per heavy atom. The van der Waals surface area contributed by atoms with Crippen molar-refractivity contribution in [2.45, 2.75) is 50.6 Å². The highest BCUT2D eigenvalue weighted by Gasteiger charge is 2.51. The van der Waals surface area contributed by atoms with E-state index in [2.05, 4.69) is 10.6 Å². The zero-order chi connectivity index (χ0) is 21.1. The van der Waals surface area contributed by atoms with Crippen molar-refractivity contribution < 1.29 is 18.8 Å². The Labute approximate surface area is 179 Å². The molecule has 0 radical (unpaired) electrons. The van der Waals surface area contributed by atoms with E-state index < -0.39 is 5.54 Å². The van der Waals surface area contributed by atoms with Gasteiger partial charge in [-0.05, 0) is 55.7 Å². The second-order valence-corrected chi connectivity index (χ2v) is 8.27. The number of carbonyl (C=O) groups excluding carboxylic acids is 3. The van der Waals surface area contributed by atoms with Crippen molar-refractivity contribution in [3.63, 3.8) is 0 Å². The minimum Gasteiger partial charge on any atom is -0.459 e. The standard InChI is InChI=1S/C22H24ClN3O4/c23-16-7-5-15(6-8-16)18-10-9-17(30-18)14-24-19(27)4-3-13-26-20(28)22(25-21(26)29)11-1-2-12-22/h5-10H,1-4,11-14H2,(H,24,27)(H,25,29). The fraction of sp³-hybridized carbons (Fsp3) is 0.409. The van der Waals surface area contributed by atoms with E-state index in [4.69, 9.17) is 16.0 Å². The Morgan fingerprint density at radius 1 is 1.13 bits per heavy atom. The summed E-state index contributed by atoms with van der Waals surface area (Å²) in [7, 11) is 0. The van der Waals surface area contributed by atoms with E-state index in [1.54, 1.807) is 12.1 Å². The zero-order valence-corrected chi connectivity index (χ0v) is 17.3. The van der Waals surface area contributed by atoms with Crippen LogP contribution in [-0.2, 0) is 16.1 Å². The summed E-state index contributed by atoms with van der Waals surface area (Å²) in [6.07, 6.45) is 3.97. The summed E-state index contributed by atoms with van der Waals surface area (Å²) in [6, 6.07) is 10.7. The number of benzene rings is 1. The summed E-state index contributed by atoms with van der Waals surface area (Å²) < 4.78 is 5.76. The maximum Gasteiger partial charge on any atom is 0.325 e. The molecule has 7 nitrogen and oxygen atoms in total. The van der Waals surface area contributed by atoms with E-state index in [0.717, 1.165) is 18.4 Å². The topological polar surface area (TPSA) is 91.7 Å². The van der Waals surface area contributed by atoms with Crippen molar-refractivity contribution in [2.24, 2.45) is 0 Å². The summed E-state index contributed by atoms with van der Waals surface area (Å²) in [6.45, 7) is 0.528. The minimum absolute atomic E-state index is 0.143. The van der Waals surface area contributed by atoms with E-state index in [9.17, 15) is 14.4 Å². The van der Waals surface area contributed by atoms with E-state index in [0.29, 0.717) is 35.8 Å². The second kappa shape index (κ2) is 8.52. The Balaban J connectivity index is 1.22. The van der Waals surface area contributed by atoms with Gasteiger partial charge in [-0.3, -0.25) is 14.5 Å². The molecule has 2 N–H and O–H groups in total. The highest BCUT2D eigenvalue weighted by molar-refractivity contribution is 6.30. The van der Waals surface area contributed by atoms with Crippen molar-refractivity contribution in [2.75, 3.05) is 6.54 Å². The molecular formula is C22H24ClN3O4. The number of carbonyl (C=O) groups is 3. The first-order valence-electron chi connectivity index (χ1n) is 10.2. The lowest BCUT2D eigenvalue weighted by molar-refractivity contribution is -0.131. The summed E-state index contributed by atoms with van der Waals surface area (Å²) in [5.74, 6) is 1.05. The monoisotopic (exact) mass is 429 g/mol. The zero-order valence-electron chi connectivity index (χ0n) is 16.6. The molecule has 30 heavy (non-hydrogen) atoms. The maximum absolute atomic E-state index is 12.6. The van der Waals surface area contributed by atoms with Gasteiger partial charge in [0.25, 0.3) is 5.91 Å². The van der Waals surface area contributed by atoms with Crippen molar-refractivity contribution in [3.8, 4) is 11.3 Å². The number of rotatable bonds is 7. The van der Waals surface area contributed by atoms with Crippen molar-refractivity contribution in [1.82, 2.24) is 15.5 Å². The van der Waals surface area contributed by atoms with Gasteiger partial charge in [-0.1, -0.05) is 24.4 Å². The number of hydrogen-bond acceptors (Lipinski definition) is 4. The summed E-state index contributed by atoms with van der Waals surface area (Å²) >= 11 is 5.90. The van der Waals surface area contributed by atoms with E-state index in [1.807, 2.05) is 24.3 Å². The Kier molecular flexibility index (Phi) is 5.81. The van der Waals surface area contributed by atoms with Gasteiger partial charge < -0.3 is 15.1 Å². The average molecular weight is 430 g/mol. The fourth-order valence-corrected chi connectivity index (χ4v) is 4.24. The average Bonchev–Trinajstić information content (AvgIpc) is 3.44. The smallest absolute Gasteiger partial charge is 0.325 e. The quantitative estimate of drug-likeness (QED) is 0.654. The fourth-order valence-electron chi connectivity index (χ4n) is 4.11. The summed E-state index contributed by atoms with van der Waals surface area (Å²) in [4.78, 5) is 38.1. The molecule has 0 bridgehead atoms. The lowest BCUT2D eigenvalue weighted by Gasteiger charge is -2.19. The van der Waals surface area contributed by atoms with Crippen LogP contribution in [0.3, 0.4) is 0 Å². The third-order valence-corrected chi connectivity index (χ3v) is 5.99. The lowest BCUT2D eigenvalue weighted by Crippen LogP contribution is -2.44. The van der Waals surface area contributed by atoms with Gasteiger partial charge in [0.05, 0.1) is 6.54 Å². The largest absolute Gasteiger partial charge is 0.459 e. The molecule has 1 aromatic heterocycles. The molecule has 1 spiro atoms. The van der Waals surface area contributed by atoms with Crippen LogP contribution in [0.15, 0.2) is 40.8 Å². The molecule has 1 aliphatic carbocycles. The van der Waals surface area contributed by atoms with Crippen molar-refractivity contribution >= 4 is 29.4 Å². The molecule has 2 aromatic rings. The molecular weight excluding hydrogens is 406 g/mol. The van der Waals surface area contributed by atoms with Crippen LogP contribution in [0, 0.1) is 0 Å². The molecule has 1 saturated heterocycles. The SMILES string of the molecule is O=C(CCCN1C(=O)NC2(CCCC2)C1=O)NCc1ccc(-c2ccc(Cl)cc2)o1. The van der Waals surface area contributed by atoms with Gasteiger partial charge in [0.15, 0.2) is 0 Å². The number of amides is 4. The number of furan rings is 1. The Morgan fingerprint density at radius 2 is 1.87 bits per heavy atom. The second-order valence-electron chi connectivity index (χ2n) is 7.83. The van der Waals surface area contributed by atoms with Gasteiger partial charge in [0.2, 0.25) is 5.91 Å². The predicted octanol–water partition coefficient (Wildman–Crippen LogP) is 3.86. The van der Waals surface area contributed by atoms with E-state index >= 15 is 0 Å². The van der Waals surface area contributed by atoms with Gasteiger partial charge in [-0.2, -0.15) is 0 Å². The number of halogens is 1. The van der Waals surface area contributed by atoms with Crippen LogP contribution in [0.4, 0.5) is 4.79 Å². The van der Waals surface area contributed by atoms with Crippen molar-refractivity contribution in [1.29, 1.82) is 0 Å². The van der Waals surface area contributed by atoms with Gasteiger partial charge in [0.1, 0.15) is 17.1 Å². The summed E-state index contributed by atoms with van der Waals surface area (Å²) in [5.41, 5.74) is 0.214. The van der Waals surface area contributed by atoms with E-state index in [-0.39, 0.29) is 37.4 Å². The van der Waals surface area contributed by atoms with Crippen LogP contribution >= 0.6 is 11.6 Å². The highest BCUT2D eigenvalue weighted by Crippen LogP contribution is 2.35.